The zero-order valence-electron chi connectivity index (χ0n) is 15.8. The highest BCUT2D eigenvalue weighted by Gasteiger charge is 2.66. The first-order valence-electron chi connectivity index (χ1n) is 8.92. The first-order valence-corrected chi connectivity index (χ1v) is 8.92. The molecule has 0 unspecified atom stereocenters. The molecule has 0 aliphatic heterocycles. The van der Waals surface area contributed by atoms with Gasteiger partial charge < -0.3 is 10.6 Å². The van der Waals surface area contributed by atoms with E-state index in [1.165, 1.54) is 11.6 Å². The van der Waals surface area contributed by atoms with Gasteiger partial charge in [0.15, 0.2) is 0 Å². The van der Waals surface area contributed by atoms with Crippen molar-refractivity contribution in [3.63, 3.8) is 0 Å². The molecule has 3 N–H and O–H groups in total. The lowest BCUT2D eigenvalue weighted by atomic mass is 9.86. The second-order valence-electron chi connectivity index (χ2n) is 7.75. The van der Waals surface area contributed by atoms with E-state index in [4.69, 9.17) is 0 Å². The summed E-state index contributed by atoms with van der Waals surface area (Å²) in [6.07, 6.45) is 0.842. The van der Waals surface area contributed by atoms with Crippen LogP contribution >= 0.6 is 0 Å². The third-order valence-electron chi connectivity index (χ3n) is 5.24. The monoisotopic (exact) mass is 354 g/mol. The van der Waals surface area contributed by atoms with E-state index >= 15 is 0 Å². The van der Waals surface area contributed by atoms with Crippen molar-refractivity contribution in [3.05, 3.63) is 57.5 Å². The number of nitrogens with zero attached hydrogens (tertiary/aromatic N) is 1. The van der Waals surface area contributed by atoms with Crippen LogP contribution in [0.4, 0.5) is 5.95 Å². The summed E-state index contributed by atoms with van der Waals surface area (Å²) in [6, 6.07) is 9.67. The van der Waals surface area contributed by atoms with E-state index < -0.39 is 5.41 Å². The predicted octanol–water partition coefficient (Wildman–Crippen LogP) is 2.28. The summed E-state index contributed by atoms with van der Waals surface area (Å²) < 4.78 is 0. The maximum atomic E-state index is 12.9. The molecule has 1 amide bonds. The number of carbonyl (C=O) groups excluding carboxylic acids is 1. The SMILES string of the molecule is Cc1ccc([C@]2(C(=O)NCCNc3nc(C)cc(=O)[nH]3)CC2(C)C)cc1. The van der Waals surface area contributed by atoms with Crippen molar-refractivity contribution < 1.29 is 4.79 Å². The lowest BCUT2D eigenvalue weighted by Crippen LogP contribution is -2.40. The summed E-state index contributed by atoms with van der Waals surface area (Å²) in [5.41, 5.74) is 2.20. The molecule has 1 aliphatic carbocycles. The molecule has 6 heteroatoms. The van der Waals surface area contributed by atoms with Crippen LogP contribution in [0.25, 0.3) is 0 Å². The molecular weight excluding hydrogens is 328 g/mol. The standard InChI is InChI=1S/C20H26N4O2/c1-13-5-7-15(8-6-13)20(12-19(20,3)4)17(26)21-9-10-22-18-23-14(2)11-16(25)24-18/h5-8,11H,9-10,12H2,1-4H3,(H,21,26)(H2,22,23,24,25)/t20-/m0/s1. The molecule has 6 nitrogen and oxygen atoms in total. The first kappa shape index (κ1) is 18.2. The largest absolute Gasteiger partial charge is 0.354 e. The molecule has 1 atom stereocenters. The molecule has 26 heavy (non-hydrogen) atoms. The highest BCUT2D eigenvalue weighted by atomic mass is 16.2. The quantitative estimate of drug-likeness (QED) is 0.695. The summed E-state index contributed by atoms with van der Waals surface area (Å²) in [6.45, 7) is 9.02. The van der Waals surface area contributed by atoms with Gasteiger partial charge in [0, 0.05) is 24.8 Å². The van der Waals surface area contributed by atoms with Gasteiger partial charge in [-0.1, -0.05) is 43.7 Å². The molecule has 0 bridgehead atoms. The molecule has 0 radical (unpaired) electrons. The molecule has 1 fully saturated rings. The number of H-pyrrole nitrogens is 1. The van der Waals surface area contributed by atoms with Crippen LogP contribution in [0.5, 0.6) is 0 Å². The normalized spacial score (nSPS) is 20.5. The average Bonchev–Trinajstić information content (AvgIpc) is 3.15. The van der Waals surface area contributed by atoms with Gasteiger partial charge in [-0.3, -0.25) is 14.6 Å². The Kier molecular flexibility index (Phi) is 4.61. The van der Waals surface area contributed by atoms with Gasteiger partial charge >= 0.3 is 0 Å². The number of anilines is 1. The van der Waals surface area contributed by atoms with E-state index in [2.05, 4.69) is 58.7 Å². The van der Waals surface area contributed by atoms with E-state index in [0.29, 0.717) is 24.7 Å². The minimum Gasteiger partial charge on any atom is -0.354 e. The van der Waals surface area contributed by atoms with E-state index in [-0.39, 0.29) is 16.9 Å². The van der Waals surface area contributed by atoms with Gasteiger partial charge in [-0.15, -0.1) is 0 Å². The molecule has 1 aliphatic rings. The lowest BCUT2D eigenvalue weighted by molar-refractivity contribution is -0.124. The fourth-order valence-electron chi connectivity index (χ4n) is 3.64. The Labute approximate surface area is 153 Å². The minimum atomic E-state index is -0.462. The van der Waals surface area contributed by atoms with Crippen molar-refractivity contribution >= 4 is 11.9 Å². The molecule has 138 valence electrons. The third-order valence-corrected chi connectivity index (χ3v) is 5.24. The predicted molar refractivity (Wildman–Crippen MR) is 102 cm³/mol. The van der Waals surface area contributed by atoms with Crippen LogP contribution < -0.4 is 16.2 Å². The van der Waals surface area contributed by atoms with E-state index in [9.17, 15) is 9.59 Å². The van der Waals surface area contributed by atoms with Crippen LogP contribution in [0.3, 0.4) is 0 Å². The van der Waals surface area contributed by atoms with E-state index in [0.717, 1.165) is 12.0 Å². The second kappa shape index (κ2) is 6.59. The molecule has 3 rings (SSSR count). The molecule has 0 saturated heterocycles. The molecule has 1 saturated carbocycles. The average molecular weight is 354 g/mol. The van der Waals surface area contributed by atoms with Crippen LogP contribution in [0.2, 0.25) is 0 Å². The fourth-order valence-corrected chi connectivity index (χ4v) is 3.64. The highest BCUT2D eigenvalue weighted by molar-refractivity contribution is 5.93. The molecule has 1 aromatic carbocycles. The summed E-state index contributed by atoms with van der Waals surface area (Å²) >= 11 is 0. The molecule has 1 heterocycles. The first-order chi connectivity index (χ1) is 12.2. The van der Waals surface area contributed by atoms with Crippen molar-refractivity contribution in [2.45, 2.75) is 39.5 Å². The van der Waals surface area contributed by atoms with Gasteiger partial charge in [-0.05, 0) is 31.2 Å². The van der Waals surface area contributed by atoms with Gasteiger partial charge in [-0.2, -0.15) is 0 Å². The number of aromatic nitrogens is 2. The lowest BCUT2D eigenvalue weighted by Gasteiger charge is -2.21. The third kappa shape index (κ3) is 3.36. The van der Waals surface area contributed by atoms with Crippen LogP contribution in [0.1, 0.15) is 37.1 Å². The summed E-state index contributed by atoms with van der Waals surface area (Å²) in [7, 11) is 0. The Morgan fingerprint density at radius 1 is 1.19 bits per heavy atom. The van der Waals surface area contributed by atoms with Crippen LogP contribution in [0, 0.1) is 19.3 Å². The summed E-state index contributed by atoms with van der Waals surface area (Å²) in [5.74, 6) is 0.475. The van der Waals surface area contributed by atoms with Gasteiger partial charge in [0.1, 0.15) is 0 Å². The van der Waals surface area contributed by atoms with Crippen molar-refractivity contribution in [1.29, 1.82) is 0 Å². The van der Waals surface area contributed by atoms with Gasteiger partial charge in [0.25, 0.3) is 5.56 Å². The number of nitrogens with one attached hydrogen (secondary N) is 3. The van der Waals surface area contributed by atoms with Crippen molar-refractivity contribution in [1.82, 2.24) is 15.3 Å². The Hall–Kier alpha value is -2.63. The number of carbonyl (C=O) groups is 1. The Morgan fingerprint density at radius 3 is 2.42 bits per heavy atom. The number of benzene rings is 1. The molecule has 1 aromatic heterocycles. The highest BCUT2D eigenvalue weighted by Crippen LogP contribution is 2.64. The van der Waals surface area contributed by atoms with E-state index in [1.807, 2.05) is 6.92 Å². The smallest absolute Gasteiger partial charge is 0.252 e. The van der Waals surface area contributed by atoms with Gasteiger partial charge in [0.05, 0.1) is 5.41 Å². The van der Waals surface area contributed by atoms with Crippen molar-refractivity contribution in [2.75, 3.05) is 18.4 Å². The number of aromatic amines is 1. The summed E-state index contributed by atoms with van der Waals surface area (Å²) in [4.78, 5) is 31.2. The maximum absolute atomic E-state index is 12.9. The minimum absolute atomic E-state index is 0.0525. The number of aryl methyl sites for hydroxylation is 2. The van der Waals surface area contributed by atoms with Crippen LogP contribution in [0.15, 0.2) is 35.1 Å². The summed E-state index contributed by atoms with van der Waals surface area (Å²) in [5, 5.41) is 6.07. The van der Waals surface area contributed by atoms with Crippen LogP contribution in [-0.4, -0.2) is 29.0 Å². The molecular formula is C20H26N4O2. The van der Waals surface area contributed by atoms with Crippen molar-refractivity contribution in [2.24, 2.45) is 5.41 Å². The zero-order valence-corrected chi connectivity index (χ0v) is 15.8. The van der Waals surface area contributed by atoms with Gasteiger partial charge in [0.2, 0.25) is 11.9 Å². The number of hydrogen-bond donors (Lipinski definition) is 3. The van der Waals surface area contributed by atoms with Gasteiger partial charge in [-0.25, -0.2) is 4.98 Å². The van der Waals surface area contributed by atoms with Crippen LogP contribution in [-0.2, 0) is 10.2 Å². The fraction of sp³-hybridized carbons (Fsp3) is 0.450. The molecule has 2 aromatic rings. The Morgan fingerprint density at radius 2 is 1.85 bits per heavy atom. The Balaban J connectivity index is 1.61. The maximum Gasteiger partial charge on any atom is 0.252 e. The number of amides is 1. The second-order valence-corrected chi connectivity index (χ2v) is 7.75. The molecule has 0 spiro atoms. The topological polar surface area (TPSA) is 86.9 Å². The van der Waals surface area contributed by atoms with E-state index in [1.54, 1.807) is 6.92 Å². The van der Waals surface area contributed by atoms with Crippen molar-refractivity contribution in [3.8, 4) is 0 Å². The Bertz CT molecular complexity index is 870. The number of hydrogen-bond acceptors (Lipinski definition) is 4. The zero-order chi connectivity index (χ0) is 18.9. The number of rotatable bonds is 6.